The highest BCUT2D eigenvalue weighted by Crippen LogP contribution is 2.28. The van der Waals surface area contributed by atoms with Crippen molar-refractivity contribution in [2.45, 2.75) is 25.3 Å². The third-order valence-corrected chi connectivity index (χ3v) is 5.60. The van der Waals surface area contributed by atoms with Gasteiger partial charge in [-0.15, -0.1) is 10.2 Å². The van der Waals surface area contributed by atoms with E-state index in [9.17, 15) is 9.90 Å². The number of nitrogens with zero attached hydrogens (tertiary/aromatic N) is 6. The summed E-state index contributed by atoms with van der Waals surface area (Å²) in [6.07, 6.45) is 3.17. The maximum absolute atomic E-state index is 12.6. The van der Waals surface area contributed by atoms with Gasteiger partial charge in [0.1, 0.15) is 17.4 Å². The van der Waals surface area contributed by atoms with Gasteiger partial charge in [0.15, 0.2) is 5.69 Å². The molecule has 1 amide bonds. The van der Waals surface area contributed by atoms with Gasteiger partial charge in [0.25, 0.3) is 5.91 Å². The normalized spacial score (nSPS) is 19.1. The third-order valence-electron chi connectivity index (χ3n) is 5.60. The predicted molar refractivity (Wildman–Crippen MR) is 101 cm³/mol. The summed E-state index contributed by atoms with van der Waals surface area (Å²) in [6, 6.07) is 3.10. The number of rotatable bonds is 4. The number of hydrogen-bond donors (Lipinski definition) is 1. The van der Waals surface area contributed by atoms with E-state index in [1.165, 1.54) is 12.3 Å². The molecule has 2 saturated heterocycles. The largest absolute Gasteiger partial charge is 0.505 e. The van der Waals surface area contributed by atoms with Crippen molar-refractivity contribution in [2.24, 2.45) is 7.05 Å². The number of pyridine rings is 1. The lowest BCUT2D eigenvalue weighted by molar-refractivity contribution is 0.0326. The molecular weight excluding hydrogens is 360 g/mol. The number of amides is 1. The molecular formula is C19H26N6O3. The van der Waals surface area contributed by atoms with Crippen LogP contribution < -0.4 is 0 Å². The summed E-state index contributed by atoms with van der Waals surface area (Å²) in [7, 11) is 2.02. The number of hydrogen-bond acceptors (Lipinski definition) is 7. The summed E-state index contributed by atoms with van der Waals surface area (Å²) in [6.45, 7) is 5.39. The van der Waals surface area contributed by atoms with Gasteiger partial charge in [-0.05, 0) is 25.0 Å². The van der Waals surface area contributed by atoms with Crippen LogP contribution in [0.2, 0.25) is 0 Å². The number of carbonyl (C=O) groups is 1. The summed E-state index contributed by atoms with van der Waals surface area (Å²) in [5.74, 6) is 1.93. The first kappa shape index (κ1) is 18.8. The maximum atomic E-state index is 12.6. The number of aromatic nitrogens is 4. The zero-order valence-corrected chi connectivity index (χ0v) is 16.1. The molecule has 4 rings (SSSR count). The molecule has 0 saturated carbocycles. The lowest BCUT2D eigenvalue weighted by Crippen LogP contribution is -2.39. The second kappa shape index (κ2) is 8.24. The van der Waals surface area contributed by atoms with E-state index >= 15 is 0 Å². The van der Waals surface area contributed by atoms with Gasteiger partial charge in [0.2, 0.25) is 0 Å². The van der Waals surface area contributed by atoms with Gasteiger partial charge >= 0.3 is 0 Å². The van der Waals surface area contributed by atoms with E-state index in [2.05, 4.69) is 24.6 Å². The summed E-state index contributed by atoms with van der Waals surface area (Å²) in [5, 5.41) is 18.7. The van der Waals surface area contributed by atoms with Crippen molar-refractivity contribution in [3.05, 3.63) is 35.7 Å². The minimum atomic E-state index is -0.220. The molecule has 0 spiro atoms. The minimum absolute atomic E-state index is 0.0734. The van der Waals surface area contributed by atoms with Crippen LogP contribution in [-0.4, -0.2) is 80.0 Å². The van der Waals surface area contributed by atoms with Crippen molar-refractivity contribution in [1.29, 1.82) is 0 Å². The van der Waals surface area contributed by atoms with Crippen LogP contribution in [0.5, 0.6) is 5.75 Å². The predicted octanol–water partition coefficient (Wildman–Crippen LogP) is 0.768. The second-order valence-electron chi connectivity index (χ2n) is 7.36. The molecule has 1 N–H and O–H groups in total. The Morgan fingerprint density at radius 3 is 2.68 bits per heavy atom. The number of aromatic hydroxyl groups is 1. The molecule has 9 heteroatoms. The van der Waals surface area contributed by atoms with Gasteiger partial charge in [-0.2, -0.15) is 0 Å². The molecule has 28 heavy (non-hydrogen) atoms. The molecule has 0 unspecified atom stereocenters. The van der Waals surface area contributed by atoms with E-state index < -0.39 is 0 Å². The molecule has 0 bridgehead atoms. The second-order valence-corrected chi connectivity index (χ2v) is 7.36. The molecule has 0 atom stereocenters. The minimum Gasteiger partial charge on any atom is -0.505 e. The zero-order chi connectivity index (χ0) is 19.5. The Morgan fingerprint density at radius 2 is 1.96 bits per heavy atom. The number of piperidine rings is 1. The summed E-state index contributed by atoms with van der Waals surface area (Å²) in [4.78, 5) is 20.7. The molecule has 2 aliphatic rings. The first-order valence-corrected chi connectivity index (χ1v) is 9.75. The quantitative estimate of drug-likeness (QED) is 0.829. The highest BCUT2D eigenvalue weighted by Gasteiger charge is 2.29. The molecule has 0 aliphatic carbocycles. The summed E-state index contributed by atoms with van der Waals surface area (Å²) in [5.41, 5.74) is 0.118. The van der Waals surface area contributed by atoms with Crippen molar-refractivity contribution < 1.29 is 14.6 Å². The van der Waals surface area contributed by atoms with Gasteiger partial charge in [0, 0.05) is 45.3 Å². The van der Waals surface area contributed by atoms with Gasteiger partial charge in [-0.3, -0.25) is 9.69 Å². The van der Waals surface area contributed by atoms with Crippen LogP contribution in [0.25, 0.3) is 0 Å². The topological polar surface area (TPSA) is 96.6 Å². The molecule has 9 nitrogen and oxygen atoms in total. The van der Waals surface area contributed by atoms with Crippen LogP contribution in [0.15, 0.2) is 18.3 Å². The Balaban J connectivity index is 1.37. The van der Waals surface area contributed by atoms with E-state index in [1.54, 1.807) is 11.0 Å². The molecule has 4 heterocycles. The molecule has 2 aliphatic heterocycles. The zero-order valence-electron chi connectivity index (χ0n) is 16.1. The molecule has 0 aromatic carbocycles. The van der Waals surface area contributed by atoms with Crippen molar-refractivity contribution in [3.8, 4) is 5.75 Å². The van der Waals surface area contributed by atoms with E-state index in [1.807, 2.05) is 7.05 Å². The van der Waals surface area contributed by atoms with Crippen LogP contribution >= 0.6 is 0 Å². The van der Waals surface area contributed by atoms with Crippen LogP contribution in [-0.2, 0) is 18.3 Å². The fourth-order valence-corrected chi connectivity index (χ4v) is 3.88. The Bertz CT molecular complexity index is 825. The van der Waals surface area contributed by atoms with Crippen molar-refractivity contribution in [1.82, 2.24) is 29.5 Å². The van der Waals surface area contributed by atoms with E-state index in [0.717, 1.165) is 57.3 Å². The van der Waals surface area contributed by atoms with Gasteiger partial charge < -0.3 is 19.3 Å². The van der Waals surface area contributed by atoms with E-state index in [0.29, 0.717) is 13.1 Å². The lowest BCUT2D eigenvalue weighted by atomic mass is 9.95. The molecule has 2 aromatic heterocycles. The molecule has 0 radical (unpaired) electrons. The first-order valence-electron chi connectivity index (χ1n) is 9.75. The number of likely N-dealkylation sites (tertiary alicyclic amines) is 1. The molecule has 2 aromatic rings. The van der Waals surface area contributed by atoms with Crippen LogP contribution in [0.4, 0.5) is 0 Å². The molecule has 150 valence electrons. The lowest BCUT2D eigenvalue weighted by Gasteiger charge is -2.31. The standard InChI is InChI=1S/C19H26N6O3/c1-23-16(13-24-9-11-28-12-10-24)21-22-18(23)14-4-7-25(8-5-14)19(27)17-15(26)3-2-6-20-17/h2-3,6,14,26H,4-5,7-13H2,1H3. The fraction of sp³-hybridized carbons (Fsp3) is 0.579. The highest BCUT2D eigenvalue weighted by atomic mass is 16.5. The number of ether oxygens (including phenoxy) is 1. The van der Waals surface area contributed by atoms with Gasteiger partial charge in [0.05, 0.1) is 19.8 Å². The third kappa shape index (κ3) is 3.85. The van der Waals surface area contributed by atoms with Crippen LogP contribution in [0.1, 0.15) is 40.9 Å². The monoisotopic (exact) mass is 386 g/mol. The van der Waals surface area contributed by atoms with E-state index in [4.69, 9.17) is 4.74 Å². The van der Waals surface area contributed by atoms with Crippen molar-refractivity contribution >= 4 is 5.91 Å². The number of carbonyl (C=O) groups excluding carboxylic acids is 1. The van der Waals surface area contributed by atoms with Crippen molar-refractivity contribution in [2.75, 3.05) is 39.4 Å². The fourth-order valence-electron chi connectivity index (χ4n) is 3.88. The van der Waals surface area contributed by atoms with Crippen LogP contribution in [0, 0.1) is 0 Å². The summed E-state index contributed by atoms with van der Waals surface area (Å²) >= 11 is 0. The Morgan fingerprint density at radius 1 is 1.21 bits per heavy atom. The van der Waals surface area contributed by atoms with Gasteiger partial charge in [-0.1, -0.05) is 0 Å². The van der Waals surface area contributed by atoms with Crippen molar-refractivity contribution in [3.63, 3.8) is 0 Å². The first-order chi connectivity index (χ1) is 13.6. The van der Waals surface area contributed by atoms with E-state index in [-0.39, 0.29) is 23.3 Å². The smallest absolute Gasteiger partial charge is 0.276 e. The Kier molecular flexibility index (Phi) is 5.54. The maximum Gasteiger partial charge on any atom is 0.276 e. The van der Waals surface area contributed by atoms with Crippen LogP contribution in [0.3, 0.4) is 0 Å². The number of morpholine rings is 1. The Labute approximate surface area is 163 Å². The highest BCUT2D eigenvalue weighted by molar-refractivity contribution is 5.94. The van der Waals surface area contributed by atoms with Gasteiger partial charge in [-0.25, -0.2) is 4.98 Å². The Hall–Kier alpha value is -2.52. The summed E-state index contributed by atoms with van der Waals surface area (Å²) < 4.78 is 7.50. The average Bonchev–Trinajstić information content (AvgIpc) is 3.09. The average molecular weight is 386 g/mol. The molecule has 2 fully saturated rings. The SMILES string of the molecule is Cn1c(CN2CCOCC2)nnc1C1CCN(C(=O)c2ncccc2O)CC1.